The SMILES string of the molecule is CC(C)c1ccccc1[C@@H]1CCCN1C1CC2(CCN(c3ccc(C(=O)NS(=O)(=O)c4cc(N)c5c(c4)OC(C)(C)C(CN4CCOCC4)N5)c(Oc4cnc5[nH]ccc5c4)c3)CC2)C1. The molecule has 3 aromatic carbocycles. The lowest BCUT2D eigenvalue weighted by atomic mass is 9.59. The first-order valence-corrected chi connectivity index (χ1v) is 24.8. The number of hydrogen-bond donors (Lipinski definition) is 4. The van der Waals surface area contributed by atoms with Gasteiger partial charge in [0.15, 0.2) is 0 Å². The van der Waals surface area contributed by atoms with E-state index in [0.29, 0.717) is 66.0 Å². The van der Waals surface area contributed by atoms with Gasteiger partial charge < -0.3 is 35.1 Å². The molecule has 14 nitrogen and oxygen atoms in total. The molecule has 2 aromatic heterocycles. The van der Waals surface area contributed by atoms with Crippen molar-refractivity contribution < 1.29 is 27.4 Å². The summed E-state index contributed by atoms with van der Waals surface area (Å²) in [6.07, 6.45) is 10.5. The van der Waals surface area contributed by atoms with E-state index in [-0.39, 0.29) is 27.9 Å². The van der Waals surface area contributed by atoms with E-state index >= 15 is 0 Å². The second-order valence-corrected chi connectivity index (χ2v) is 21.4. The number of sulfonamides is 1. The standard InChI is InChI=1S/C50H62N8O6S/c1-32(2)38-8-5-6-9-39(38)42-10-7-17-58(42)35-28-50(29-35)14-18-57(19-15-50)34-11-12-40(43(25-34)63-36-24-33-13-16-52-47(33)53-30-36)48(59)55-65(60,61)37-26-41(51)46-44(27-37)64-49(3,4)45(54-46)31-56-20-22-62-23-21-56/h5-6,8-9,11-13,16,24-27,30,32,35,42,45,54H,7,10,14-15,17-23,28-29,31,51H2,1-4H3,(H,52,53)(H,55,59)/t42-,45?/m0/s1. The Kier molecular flexibility index (Phi) is 11.5. The molecule has 1 unspecified atom stereocenters. The first-order valence-electron chi connectivity index (χ1n) is 23.4. The lowest BCUT2D eigenvalue weighted by Crippen LogP contribution is -2.56. The number of piperidine rings is 1. The van der Waals surface area contributed by atoms with Gasteiger partial charge in [0.25, 0.3) is 15.9 Å². The van der Waals surface area contributed by atoms with Gasteiger partial charge in [-0.3, -0.25) is 14.6 Å². The summed E-state index contributed by atoms with van der Waals surface area (Å²) < 4.78 is 48.7. The van der Waals surface area contributed by atoms with Crippen molar-refractivity contribution in [2.75, 3.05) is 68.4 Å². The number of aromatic nitrogens is 2. The zero-order chi connectivity index (χ0) is 45.1. The molecule has 1 aliphatic carbocycles. The third kappa shape index (κ3) is 8.63. The molecule has 65 heavy (non-hydrogen) atoms. The first kappa shape index (κ1) is 43.5. The molecule has 0 radical (unpaired) electrons. The van der Waals surface area contributed by atoms with Gasteiger partial charge in [0, 0.05) is 74.2 Å². The van der Waals surface area contributed by atoms with Crippen molar-refractivity contribution in [2.24, 2.45) is 5.41 Å². The lowest BCUT2D eigenvalue weighted by molar-refractivity contribution is -0.0227. The maximum absolute atomic E-state index is 14.2. The van der Waals surface area contributed by atoms with Crippen molar-refractivity contribution >= 4 is 44.0 Å². The van der Waals surface area contributed by atoms with Gasteiger partial charge in [0.1, 0.15) is 34.2 Å². The van der Waals surface area contributed by atoms with Crippen LogP contribution in [0.5, 0.6) is 17.2 Å². The average Bonchev–Trinajstić information content (AvgIpc) is 3.96. The van der Waals surface area contributed by atoms with E-state index in [1.807, 2.05) is 38.1 Å². The Hall–Kier alpha value is -5.35. The minimum Gasteiger partial charge on any atom is -0.483 e. The number of aromatic amines is 1. The number of H-pyrrole nitrogens is 1. The molecule has 4 fully saturated rings. The van der Waals surface area contributed by atoms with Gasteiger partial charge in [0.05, 0.1) is 41.6 Å². The molecule has 5 aliphatic rings. The van der Waals surface area contributed by atoms with Crippen LogP contribution in [0.4, 0.5) is 17.1 Å². The molecule has 5 aromatic rings. The minimum atomic E-state index is -4.42. The Morgan fingerprint density at radius 1 is 1.00 bits per heavy atom. The highest BCUT2D eigenvalue weighted by Gasteiger charge is 2.50. The number of fused-ring (bicyclic) bond motifs is 2. The van der Waals surface area contributed by atoms with Crippen LogP contribution in [0.2, 0.25) is 0 Å². The Morgan fingerprint density at radius 3 is 2.57 bits per heavy atom. The van der Waals surface area contributed by atoms with Gasteiger partial charge in [-0.05, 0) is 112 Å². The molecule has 6 heterocycles. The Morgan fingerprint density at radius 2 is 1.78 bits per heavy atom. The average molecular weight is 903 g/mol. The molecule has 5 N–H and O–H groups in total. The summed E-state index contributed by atoms with van der Waals surface area (Å²) in [7, 11) is -4.42. The van der Waals surface area contributed by atoms with E-state index in [2.05, 4.69) is 72.8 Å². The number of nitrogen functional groups attached to an aromatic ring is 1. The Bertz CT molecular complexity index is 2680. The number of pyridine rings is 1. The molecular weight excluding hydrogens is 841 g/mol. The molecule has 1 amide bonds. The summed E-state index contributed by atoms with van der Waals surface area (Å²) in [5, 5.41) is 4.35. The number of rotatable bonds is 11. The third-order valence-electron chi connectivity index (χ3n) is 14.8. The van der Waals surface area contributed by atoms with Crippen molar-refractivity contribution in [3.8, 4) is 17.2 Å². The van der Waals surface area contributed by atoms with Crippen LogP contribution in [0.3, 0.4) is 0 Å². The summed E-state index contributed by atoms with van der Waals surface area (Å²) in [5.41, 5.74) is 11.6. The van der Waals surface area contributed by atoms with E-state index in [0.717, 1.165) is 50.1 Å². The van der Waals surface area contributed by atoms with Gasteiger partial charge in [-0.25, -0.2) is 18.1 Å². The molecule has 0 bridgehead atoms. The number of benzene rings is 3. The van der Waals surface area contributed by atoms with Crippen LogP contribution in [0.15, 0.2) is 84.0 Å². The number of nitrogens with zero attached hydrogens (tertiary/aromatic N) is 4. The predicted octanol–water partition coefficient (Wildman–Crippen LogP) is 8.05. The van der Waals surface area contributed by atoms with Crippen LogP contribution in [-0.2, 0) is 14.8 Å². The van der Waals surface area contributed by atoms with Crippen molar-refractivity contribution in [1.29, 1.82) is 0 Å². The van der Waals surface area contributed by atoms with Gasteiger partial charge in [-0.2, -0.15) is 0 Å². The van der Waals surface area contributed by atoms with Gasteiger partial charge in [0.2, 0.25) is 0 Å². The molecular formula is C50H62N8O6S. The summed E-state index contributed by atoms with van der Waals surface area (Å²) in [6, 6.07) is 21.9. The number of nitrogens with one attached hydrogen (secondary N) is 3. The molecule has 15 heteroatoms. The predicted molar refractivity (Wildman–Crippen MR) is 254 cm³/mol. The first-order chi connectivity index (χ1) is 31.2. The fraction of sp³-hybridized carbons (Fsp3) is 0.480. The van der Waals surface area contributed by atoms with Gasteiger partial charge in [-0.1, -0.05) is 38.1 Å². The number of nitrogens with two attached hydrogens (primary N) is 1. The van der Waals surface area contributed by atoms with Crippen molar-refractivity contribution in [3.05, 3.63) is 95.8 Å². The number of carbonyl (C=O) groups is 1. The van der Waals surface area contributed by atoms with E-state index in [1.54, 1.807) is 18.5 Å². The van der Waals surface area contributed by atoms with E-state index in [4.69, 9.17) is 19.9 Å². The fourth-order valence-corrected chi connectivity index (χ4v) is 12.1. The number of carbonyl (C=O) groups excluding carboxylic acids is 1. The normalized spacial score (nSPS) is 22.3. The summed E-state index contributed by atoms with van der Waals surface area (Å²) in [6.45, 7) is 15.1. The summed E-state index contributed by atoms with van der Waals surface area (Å²) in [5.74, 6) is 0.618. The van der Waals surface area contributed by atoms with Crippen LogP contribution in [-0.4, -0.2) is 104 Å². The zero-order valence-corrected chi connectivity index (χ0v) is 38.8. The van der Waals surface area contributed by atoms with Crippen molar-refractivity contribution in [2.45, 2.75) is 101 Å². The summed E-state index contributed by atoms with van der Waals surface area (Å²) >= 11 is 0. The highest BCUT2D eigenvalue weighted by atomic mass is 32.2. The molecule has 1 saturated carbocycles. The number of likely N-dealkylation sites (tertiary alicyclic amines) is 1. The topological polar surface area (TPSA) is 167 Å². The van der Waals surface area contributed by atoms with Gasteiger partial charge >= 0.3 is 0 Å². The largest absolute Gasteiger partial charge is 0.483 e. The molecule has 4 aliphatic heterocycles. The fourth-order valence-electron chi connectivity index (χ4n) is 11.1. The minimum absolute atomic E-state index is 0.0666. The lowest BCUT2D eigenvalue weighted by Gasteiger charge is -2.56. The quantitative estimate of drug-likeness (QED) is 0.0944. The molecule has 3 saturated heterocycles. The van der Waals surface area contributed by atoms with E-state index in [1.165, 1.54) is 55.5 Å². The zero-order valence-electron chi connectivity index (χ0n) is 37.9. The van der Waals surface area contributed by atoms with E-state index < -0.39 is 21.5 Å². The highest BCUT2D eigenvalue weighted by molar-refractivity contribution is 7.90. The molecule has 2 atom stereocenters. The van der Waals surface area contributed by atoms with Crippen LogP contribution < -0.4 is 30.1 Å². The number of amides is 1. The number of morpholine rings is 1. The number of hydrogen-bond acceptors (Lipinski definition) is 12. The van der Waals surface area contributed by atoms with Crippen LogP contribution in [0.25, 0.3) is 11.0 Å². The van der Waals surface area contributed by atoms with E-state index in [9.17, 15) is 13.2 Å². The van der Waals surface area contributed by atoms with Gasteiger partial charge in [-0.15, -0.1) is 0 Å². The monoisotopic (exact) mass is 902 g/mol. The third-order valence-corrected chi connectivity index (χ3v) is 16.1. The molecule has 344 valence electrons. The maximum Gasteiger partial charge on any atom is 0.268 e. The molecule has 10 rings (SSSR count). The van der Waals surface area contributed by atoms with Crippen LogP contribution in [0, 0.1) is 5.41 Å². The number of ether oxygens (including phenoxy) is 3. The van der Waals surface area contributed by atoms with Crippen molar-refractivity contribution in [1.82, 2.24) is 24.5 Å². The smallest absolute Gasteiger partial charge is 0.268 e. The van der Waals surface area contributed by atoms with Crippen LogP contribution in [0.1, 0.15) is 99.7 Å². The Labute approximate surface area is 382 Å². The van der Waals surface area contributed by atoms with Crippen LogP contribution >= 0.6 is 0 Å². The second kappa shape index (κ2) is 17.1. The Balaban J connectivity index is 0.849. The summed E-state index contributed by atoms with van der Waals surface area (Å²) in [4.78, 5) is 29.0. The highest BCUT2D eigenvalue weighted by Crippen LogP contribution is 2.54. The van der Waals surface area contributed by atoms with Crippen molar-refractivity contribution in [3.63, 3.8) is 0 Å². The molecule has 1 spiro atoms. The maximum atomic E-state index is 14.2. The second-order valence-electron chi connectivity index (χ2n) is 19.7. The number of anilines is 3.